The summed E-state index contributed by atoms with van der Waals surface area (Å²) in [6, 6.07) is 0. The second-order valence-corrected chi connectivity index (χ2v) is 18.8. The molecule has 0 aliphatic rings. The minimum absolute atomic E-state index is 0.0803. The van der Waals surface area contributed by atoms with Crippen molar-refractivity contribution in [2.75, 3.05) is 13.2 Å². The van der Waals surface area contributed by atoms with E-state index >= 15 is 0 Å². The second-order valence-electron chi connectivity index (χ2n) is 18.8. The molecule has 0 spiro atoms. The summed E-state index contributed by atoms with van der Waals surface area (Å²) < 4.78 is 16.8. The van der Waals surface area contributed by atoms with Crippen LogP contribution in [0.25, 0.3) is 0 Å². The molecular formula is C60H106O6. The lowest BCUT2D eigenvalue weighted by molar-refractivity contribution is -0.167. The third kappa shape index (κ3) is 52.1. The van der Waals surface area contributed by atoms with E-state index in [1.807, 2.05) is 0 Å². The molecule has 382 valence electrons. The number of ether oxygens (including phenoxy) is 3. The second kappa shape index (κ2) is 54.7. The highest BCUT2D eigenvalue weighted by Crippen LogP contribution is 2.15. The van der Waals surface area contributed by atoms with Gasteiger partial charge in [-0.1, -0.05) is 229 Å². The summed E-state index contributed by atoms with van der Waals surface area (Å²) in [4.78, 5) is 37.9. The van der Waals surface area contributed by atoms with E-state index in [9.17, 15) is 14.4 Å². The Morgan fingerprint density at radius 3 is 0.970 bits per heavy atom. The molecule has 0 saturated carbocycles. The number of allylic oxidation sites excluding steroid dienone is 10. The zero-order valence-corrected chi connectivity index (χ0v) is 43.7. The maximum atomic E-state index is 12.8. The van der Waals surface area contributed by atoms with Gasteiger partial charge in [-0.3, -0.25) is 14.4 Å². The summed E-state index contributed by atoms with van der Waals surface area (Å²) in [5.74, 6) is -0.898. The lowest BCUT2D eigenvalue weighted by Gasteiger charge is -2.18. The fraction of sp³-hybridized carbons (Fsp3) is 0.783. The molecular weight excluding hydrogens is 817 g/mol. The summed E-state index contributed by atoms with van der Waals surface area (Å²) in [5.41, 5.74) is 0. The van der Waals surface area contributed by atoms with Crippen molar-refractivity contribution in [1.29, 1.82) is 0 Å². The van der Waals surface area contributed by atoms with Crippen molar-refractivity contribution in [3.63, 3.8) is 0 Å². The Morgan fingerprint density at radius 1 is 0.303 bits per heavy atom. The number of hydrogen-bond donors (Lipinski definition) is 0. The molecule has 0 bridgehead atoms. The van der Waals surface area contributed by atoms with Crippen LogP contribution in [-0.2, 0) is 28.6 Å². The third-order valence-corrected chi connectivity index (χ3v) is 12.2. The smallest absolute Gasteiger partial charge is 0.306 e. The first-order chi connectivity index (χ1) is 32.5. The minimum atomic E-state index is -0.780. The Morgan fingerprint density at radius 2 is 0.591 bits per heavy atom. The largest absolute Gasteiger partial charge is 0.462 e. The van der Waals surface area contributed by atoms with Crippen LogP contribution in [0.2, 0.25) is 0 Å². The number of carbonyl (C=O) groups is 3. The Kier molecular flexibility index (Phi) is 52.3. The number of rotatable bonds is 51. The maximum Gasteiger partial charge on any atom is 0.306 e. The quantitative estimate of drug-likeness (QED) is 0.0262. The maximum absolute atomic E-state index is 12.8. The average molecular weight is 924 g/mol. The lowest BCUT2D eigenvalue weighted by atomic mass is 10.0. The fourth-order valence-corrected chi connectivity index (χ4v) is 7.90. The molecule has 66 heavy (non-hydrogen) atoms. The molecule has 0 saturated heterocycles. The number of carbonyl (C=O) groups excluding carboxylic acids is 3. The first kappa shape index (κ1) is 63.1. The van der Waals surface area contributed by atoms with Gasteiger partial charge in [0.15, 0.2) is 6.10 Å². The summed E-state index contributed by atoms with van der Waals surface area (Å²) >= 11 is 0. The van der Waals surface area contributed by atoms with Crippen LogP contribution >= 0.6 is 0 Å². The van der Waals surface area contributed by atoms with Crippen LogP contribution < -0.4 is 0 Å². The summed E-state index contributed by atoms with van der Waals surface area (Å²) in [6.45, 7) is 6.52. The van der Waals surface area contributed by atoms with Crippen LogP contribution in [-0.4, -0.2) is 37.2 Å². The highest BCUT2D eigenvalue weighted by Gasteiger charge is 2.19. The van der Waals surface area contributed by atoms with E-state index in [1.54, 1.807) is 0 Å². The Balaban J connectivity index is 4.15. The van der Waals surface area contributed by atoms with Gasteiger partial charge >= 0.3 is 17.9 Å². The first-order valence-corrected chi connectivity index (χ1v) is 28.3. The Bertz CT molecular complexity index is 1200. The molecule has 0 aliphatic heterocycles. The third-order valence-electron chi connectivity index (χ3n) is 12.2. The van der Waals surface area contributed by atoms with Crippen molar-refractivity contribution in [2.45, 2.75) is 290 Å². The van der Waals surface area contributed by atoms with Gasteiger partial charge in [0.05, 0.1) is 0 Å². The molecule has 0 aromatic carbocycles. The molecule has 6 heteroatoms. The van der Waals surface area contributed by atoms with Gasteiger partial charge in [0.25, 0.3) is 0 Å². The summed E-state index contributed by atoms with van der Waals surface area (Å²) in [5, 5.41) is 0. The molecule has 0 rings (SSSR count). The molecule has 1 unspecified atom stereocenters. The lowest BCUT2D eigenvalue weighted by Crippen LogP contribution is -2.30. The Hall–Kier alpha value is -2.89. The predicted octanol–water partition coefficient (Wildman–Crippen LogP) is 18.8. The SMILES string of the molecule is CCC/C=C\CCCCCCCC(=O)OCC(COC(=O)CCCCCCCCCCCCCC/C=C\C/C=C\C/C=C\CCCCCCC)OC(=O)CCCCCCC/C=C\CCCC. The molecule has 0 aromatic rings. The van der Waals surface area contributed by atoms with Gasteiger partial charge in [-0.05, 0) is 96.3 Å². The van der Waals surface area contributed by atoms with Crippen LogP contribution in [0, 0.1) is 0 Å². The van der Waals surface area contributed by atoms with E-state index < -0.39 is 6.10 Å². The first-order valence-electron chi connectivity index (χ1n) is 28.3. The predicted molar refractivity (Wildman–Crippen MR) is 284 cm³/mol. The summed E-state index contributed by atoms with van der Waals surface area (Å²) in [6.07, 6.45) is 68.0. The van der Waals surface area contributed by atoms with Crippen LogP contribution in [0.4, 0.5) is 0 Å². The van der Waals surface area contributed by atoms with Gasteiger partial charge < -0.3 is 14.2 Å². The molecule has 0 amide bonds. The van der Waals surface area contributed by atoms with Crippen LogP contribution in [0.3, 0.4) is 0 Å². The normalized spacial score (nSPS) is 12.5. The zero-order chi connectivity index (χ0) is 47.9. The fourth-order valence-electron chi connectivity index (χ4n) is 7.90. The minimum Gasteiger partial charge on any atom is -0.462 e. The molecule has 0 N–H and O–H groups in total. The van der Waals surface area contributed by atoms with Crippen LogP contribution in [0.15, 0.2) is 60.8 Å². The van der Waals surface area contributed by atoms with Crippen molar-refractivity contribution in [3.05, 3.63) is 60.8 Å². The van der Waals surface area contributed by atoms with Crippen molar-refractivity contribution in [1.82, 2.24) is 0 Å². The number of esters is 3. The highest BCUT2D eigenvalue weighted by molar-refractivity contribution is 5.71. The van der Waals surface area contributed by atoms with Crippen molar-refractivity contribution >= 4 is 17.9 Å². The van der Waals surface area contributed by atoms with Crippen LogP contribution in [0.5, 0.6) is 0 Å². The molecule has 0 aliphatic carbocycles. The van der Waals surface area contributed by atoms with Crippen molar-refractivity contribution in [2.24, 2.45) is 0 Å². The molecule has 0 aromatic heterocycles. The van der Waals surface area contributed by atoms with Gasteiger partial charge in [0.2, 0.25) is 0 Å². The van der Waals surface area contributed by atoms with E-state index in [-0.39, 0.29) is 31.1 Å². The van der Waals surface area contributed by atoms with Gasteiger partial charge in [0, 0.05) is 19.3 Å². The monoisotopic (exact) mass is 923 g/mol. The molecule has 1 atom stereocenters. The summed E-state index contributed by atoms with van der Waals surface area (Å²) in [7, 11) is 0. The highest BCUT2D eigenvalue weighted by atomic mass is 16.6. The molecule has 0 fully saturated rings. The Labute approximate surface area is 409 Å². The van der Waals surface area contributed by atoms with Crippen molar-refractivity contribution < 1.29 is 28.6 Å². The van der Waals surface area contributed by atoms with E-state index in [1.165, 1.54) is 148 Å². The molecule has 0 radical (unpaired) electrons. The zero-order valence-electron chi connectivity index (χ0n) is 43.7. The van der Waals surface area contributed by atoms with E-state index in [0.29, 0.717) is 19.3 Å². The average Bonchev–Trinajstić information content (AvgIpc) is 3.31. The van der Waals surface area contributed by atoms with Crippen LogP contribution in [0.1, 0.15) is 284 Å². The standard InChI is InChI=1S/C60H106O6/c1-4-7-10-13-16-19-22-23-24-25-26-27-28-29-30-31-32-33-34-35-36-37-39-41-44-47-50-53-59(62)65-56-57(55-64-58(61)52-49-46-43-40-21-18-15-12-9-6-3)66-60(63)54-51-48-45-42-38-20-17-14-11-8-5-2/h12,14-15,17,22-23,25-26,28-29,57H,4-11,13,16,18-21,24,27,30-56H2,1-3H3/b15-12-,17-14-,23-22-,26-25-,29-28-. The number of hydrogen-bond acceptors (Lipinski definition) is 6. The van der Waals surface area contributed by atoms with Gasteiger partial charge in [0.1, 0.15) is 13.2 Å². The van der Waals surface area contributed by atoms with Gasteiger partial charge in [-0.15, -0.1) is 0 Å². The number of unbranched alkanes of at least 4 members (excludes halogenated alkanes) is 30. The molecule has 0 heterocycles. The molecule has 6 nitrogen and oxygen atoms in total. The van der Waals surface area contributed by atoms with E-state index in [4.69, 9.17) is 14.2 Å². The van der Waals surface area contributed by atoms with E-state index in [0.717, 1.165) is 96.3 Å². The van der Waals surface area contributed by atoms with Crippen molar-refractivity contribution in [3.8, 4) is 0 Å². The van der Waals surface area contributed by atoms with E-state index in [2.05, 4.69) is 81.5 Å². The van der Waals surface area contributed by atoms with Gasteiger partial charge in [-0.25, -0.2) is 0 Å². The van der Waals surface area contributed by atoms with Gasteiger partial charge in [-0.2, -0.15) is 0 Å². The topological polar surface area (TPSA) is 78.9 Å².